The maximum absolute atomic E-state index is 14.6. The maximum Gasteiger partial charge on any atom is 0.412 e. The van der Waals surface area contributed by atoms with Gasteiger partial charge < -0.3 is 38.4 Å². The van der Waals surface area contributed by atoms with Crippen LogP contribution in [0.3, 0.4) is 0 Å². The van der Waals surface area contributed by atoms with Crippen molar-refractivity contribution in [1.82, 2.24) is 4.57 Å². The highest BCUT2D eigenvalue weighted by molar-refractivity contribution is 6.08. The van der Waals surface area contributed by atoms with Crippen molar-refractivity contribution in [3.05, 3.63) is 99.9 Å². The first kappa shape index (κ1) is 36.8. The molecule has 2 heterocycles. The maximum atomic E-state index is 14.6. The quantitative estimate of drug-likeness (QED) is 0.0966. The third-order valence-electron chi connectivity index (χ3n) is 7.84. The smallest absolute Gasteiger partial charge is 0.412 e. The highest BCUT2D eigenvalue weighted by Gasteiger charge is 2.28. The van der Waals surface area contributed by atoms with Crippen molar-refractivity contribution in [1.29, 1.82) is 0 Å². The minimum Gasteiger partial charge on any atom is -0.619 e. The predicted octanol–water partition coefficient (Wildman–Crippen LogP) is 6.04. The van der Waals surface area contributed by atoms with Gasteiger partial charge in [0.15, 0.2) is 35.4 Å². The van der Waals surface area contributed by atoms with E-state index in [-0.39, 0.29) is 40.4 Å². The Balaban J connectivity index is 1.81. The summed E-state index contributed by atoms with van der Waals surface area (Å²) in [5, 5.41) is 14.7. The van der Waals surface area contributed by atoms with E-state index in [2.05, 4.69) is 5.32 Å². The SMILES string of the molecule is COC(=O)c1c(-c2cc(OC)c(OC)c(OC)c2)c2cc(OC)c(OCc3cc[n+]([O-])cc3)cc2c(=O)n1-c1ccc(NC(=O)OC(C)(C)C)cc1. The van der Waals surface area contributed by atoms with Crippen LogP contribution in [0.4, 0.5) is 10.5 Å². The van der Waals surface area contributed by atoms with Crippen molar-refractivity contribution >= 4 is 28.5 Å². The number of ether oxygens (including phenoxy) is 7. The number of carbonyl (C=O) groups excluding carboxylic acids is 2. The lowest BCUT2D eigenvalue weighted by Crippen LogP contribution is -2.27. The van der Waals surface area contributed by atoms with Gasteiger partial charge in [0.1, 0.15) is 17.9 Å². The van der Waals surface area contributed by atoms with E-state index in [1.165, 1.54) is 58.6 Å². The van der Waals surface area contributed by atoms with Crippen molar-refractivity contribution in [2.45, 2.75) is 33.0 Å². The first-order valence-electron chi connectivity index (χ1n) is 15.9. The zero-order valence-corrected chi connectivity index (χ0v) is 30.0. The van der Waals surface area contributed by atoms with E-state index in [1.807, 2.05) is 0 Å². The molecule has 5 aromatic rings. The van der Waals surface area contributed by atoms with Crippen molar-refractivity contribution in [2.75, 3.05) is 40.9 Å². The zero-order valence-electron chi connectivity index (χ0n) is 30.0. The Kier molecular flexibility index (Phi) is 10.8. The summed E-state index contributed by atoms with van der Waals surface area (Å²) < 4.78 is 41.2. The van der Waals surface area contributed by atoms with Crippen LogP contribution in [0.5, 0.6) is 28.7 Å². The third-order valence-corrected chi connectivity index (χ3v) is 7.84. The summed E-state index contributed by atoms with van der Waals surface area (Å²) in [6.07, 6.45) is 2.04. The van der Waals surface area contributed by atoms with Gasteiger partial charge in [0, 0.05) is 40.0 Å². The predicted molar refractivity (Wildman–Crippen MR) is 192 cm³/mol. The molecule has 0 fully saturated rings. The molecule has 14 heteroatoms. The molecule has 3 aromatic carbocycles. The van der Waals surface area contributed by atoms with Crippen LogP contribution in [0.2, 0.25) is 0 Å². The number of esters is 1. The minimum absolute atomic E-state index is 0.0585. The van der Waals surface area contributed by atoms with Crippen LogP contribution >= 0.6 is 0 Å². The van der Waals surface area contributed by atoms with Crippen LogP contribution in [0.15, 0.2) is 77.9 Å². The number of hydrogen-bond donors (Lipinski definition) is 1. The fourth-order valence-corrected chi connectivity index (χ4v) is 5.55. The molecule has 272 valence electrons. The van der Waals surface area contributed by atoms with Gasteiger partial charge in [-0.1, -0.05) is 0 Å². The Morgan fingerprint density at radius 3 is 1.92 bits per heavy atom. The molecule has 0 atom stereocenters. The van der Waals surface area contributed by atoms with Crippen LogP contribution in [-0.2, 0) is 16.1 Å². The molecule has 1 N–H and O–H groups in total. The number of methoxy groups -OCH3 is 5. The normalized spacial score (nSPS) is 11.1. The summed E-state index contributed by atoms with van der Waals surface area (Å²) in [5.41, 5.74) is 0.655. The average molecular weight is 714 g/mol. The Labute approximate surface area is 299 Å². The van der Waals surface area contributed by atoms with Gasteiger partial charge in [-0.05, 0) is 74.9 Å². The van der Waals surface area contributed by atoms with E-state index >= 15 is 0 Å². The van der Waals surface area contributed by atoms with E-state index in [9.17, 15) is 19.6 Å². The van der Waals surface area contributed by atoms with Crippen LogP contribution in [0, 0.1) is 5.21 Å². The second-order valence-electron chi connectivity index (χ2n) is 12.3. The summed E-state index contributed by atoms with van der Waals surface area (Å²) in [4.78, 5) is 40.9. The number of anilines is 1. The number of hydrogen-bond acceptors (Lipinski definition) is 11. The van der Waals surface area contributed by atoms with E-state index in [4.69, 9.17) is 33.2 Å². The molecule has 0 aliphatic heterocycles. The molecule has 52 heavy (non-hydrogen) atoms. The first-order chi connectivity index (χ1) is 24.8. The lowest BCUT2D eigenvalue weighted by molar-refractivity contribution is -0.605. The number of fused-ring (bicyclic) bond motifs is 1. The standard InChI is InChI=1S/C38H39N3O11/c1-38(2,3)52-37(44)39-24-9-11-25(12-10-24)41-33(36(43)50-8)32(23-17-30(47-5)34(49-7)31(18-23)48-6)26-19-28(46-4)29(20-27(26)35(41)42)51-21-22-13-15-40(45)16-14-22/h9-20H,21H2,1-8H3,(H,39,44). The van der Waals surface area contributed by atoms with E-state index in [0.29, 0.717) is 44.2 Å². The van der Waals surface area contributed by atoms with E-state index in [0.717, 1.165) is 0 Å². The molecule has 5 rings (SSSR count). The number of benzene rings is 3. The van der Waals surface area contributed by atoms with Gasteiger partial charge in [-0.25, -0.2) is 9.59 Å². The second kappa shape index (κ2) is 15.2. The number of pyridine rings is 2. The minimum atomic E-state index is -0.822. The summed E-state index contributed by atoms with van der Waals surface area (Å²) in [7, 11) is 7.06. The molecule has 1 amide bonds. The molecule has 0 aliphatic rings. The number of rotatable bonds is 11. The lowest BCUT2D eigenvalue weighted by atomic mass is 9.95. The van der Waals surface area contributed by atoms with E-state index < -0.39 is 23.2 Å². The van der Waals surface area contributed by atoms with Gasteiger partial charge in [-0.3, -0.25) is 14.7 Å². The van der Waals surface area contributed by atoms with Gasteiger partial charge in [0.2, 0.25) is 5.75 Å². The largest absolute Gasteiger partial charge is 0.619 e. The zero-order chi connectivity index (χ0) is 37.7. The van der Waals surface area contributed by atoms with Gasteiger partial charge in [-0.15, -0.1) is 0 Å². The molecule has 2 aromatic heterocycles. The molecule has 0 saturated heterocycles. The summed E-state index contributed by atoms with van der Waals surface area (Å²) >= 11 is 0. The van der Waals surface area contributed by atoms with E-state index in [1.54, 1.807) is 75.4 Å². The second-order valence-corrected chi connectivity index (χ2v) is 12.3. The first-order valence-corrected chi connectivity index (χ1v) is 15.9. The fourth-order valence-electron chi connectivity index (χ4n) is 5.55. The number of nitrogens with one attached hydrogen (secondary N) is 1. The Morgan fingerprint density at radius 2 is 1.38 bits per heavy atom. The van der Waals surface area contributed by atoms with Crippen LogP contribution in [0.25, 0.3) is 27.6 Å². The molecule has 0 spiro atoms. The molecule has 0 bridgehead atoms. The van der Waals surface area contributed by atoms with Gasteiger partial charge in [0.25, 0.3) is 5.56 Å². The molecule has 0 unspecified atom stereocenters. The van der Waals surface area contributed by atoms with Crippen LogP contribution in [-0.4, -0.2) is 57.8 Å². The highest BCUT2D eigenvalue weighted by atomic mass is 16.6. The number of amides is 1. The highest BCUT2D eigenvalue weighted by Crippen LogP contribution is 2.45. The molecule has 14 nitrogen and oxygen atoms in total. The van der Waals surface area contributed by atoms with Gasteiger partial charge in [-0.2, -0.15) is 4.73 Å². The Morgan fingerprint density at radius 1 is 0.788 bits per heavy atom. The summed E-state index contributed by atoms with van der Waals surface area (Å²) in [6, 6.07) is 16.0. The van der Waals surface area contributed by atoms with Gasteiger partial charge >= 0.3 is 12.1 Å². The van der Waals surface area contributed by atoms with Crippen LogP contribution < -0.4 is 39.3 Å². The lowest BCUT2D eigenvalue weighted by Gasteiger charge is -2.22. The van der Waals surface area contributed by atoms with Crippen LogP contribution in [0.1, 0.15) is 36.8 Å². The van der Waals surface area contributed by atoms with Crippen molar-refractivity contribution in [3.63, 3.8) is 0 Å². The van der Waals surface area contributed by atoms with Crippen molar-refractivity contribution < 1.29 is 47.5 Å². The monoisotopic (exact) mass is 713 g/mol. The molecule has 0 saturated carbocycles. The topological polar surface area (TPSA) is 160 Å². The Hall–Kier alpha value is -6.44. The molecular formula is C38H39N3O11. The molecule has 0 aliphatic carbocycles. The van der Waals surface area contributed by atoms with Crippen molar-refractivity contribution in [2.24, 2.45) is 0 Å². The Bertz CT molecular complexity index is 2150. The number of nitrogens with zero attached hydrogens (tertiary/aromatic N) is 2. The third kappa shape index (κ3) is 7.65. The fraction of sp³-hybridized carbons (Fsp3) is 0.263. The molecule has 0 radical (unpaired) electrons. The van der Waals surface area contributed by atoms with Crippen molar-refractivity contribution in [3.8, 4) is 45.6 Å². The number of aromatic nitrogens is 2. The van der Waals surface area contributed by atoms with Gasteiger partial charge in [0.05, 0.1) is 40.9 Å². The summed E-state index contributed by atoms with van der Waals surface area (Å²) in [5.74, 6) is 0.585. The number of carbonyl (C=O) groups is 2. The summed E-state index contributed by atoms with van der Waals surface area (Å²) in [6.45, 7) is 5.30. The molecular weight excluding hydrogens is 674 g/mol. The average Bonchev–Trinajstić information content (AvgIpc) is 3.12.